The van der Waals surface area contributed by atoms with Gasteiger partial charge in [0.15, 0.2) is 0 Å². The Morgan fingerprint density at radius 3 is 1.83 bits per heavy atom. The summed E-state index contributed by atoms with van der Waals surface area (Å²) in [6, 6.07) is 0.276. The second-order valence-electron chi connectivity index (χ2n) is 6.13. The lowest BCUT2D eigenvalue weighted by Gasteiger charge is -2.08. The van der Waals surface area contributed by atoms with Crippen molar-refractivity contribution in [1.82, 2.24) is 5.32 Å². The molecule has 0 rings (SSSR count). The van der Waals surface area contributed by atoms with Gasteiger partial charge in [-0.1, -0.05) is 58.8 Å². The van der Waals surface area contributed by atoms with Crippen LogP contribution in [0.4, 0.5) is 0 Å². The Balaban J connectivity index is 3.14. The summed E-state index contributed by atoms with van der Waals surface area (Å²) in [7, 11) is 0. The van der Waals surface area contributed by atoms with Crippen molar-refractivity contribution in [3.8, 4) is 0 Å². The van der Waals surface area contributed by atoms with E-state index in [9.17, 15) is 4.79 Å². The maximum atomic E-state index is 11.4. The van der Waals surface area contributed by atoms with Crippen LogP contribution in [0.1, 0.15) is 85.5 Å². The van der Waals surface area contributed by atoms with Crippen LogP contribution in [0.25, 0.3) is 0 Å². The van der Waals surface area contributed by atoms with E-state index in [1.807, 2.05) is 13.8 Å². The maximum absolute atomic E-state index is 11.4. The summed E-state index contributed by atoms with van der Waals surface area (Å²) in [5.41, 5.74) is 0. The summed E-state index contributed by atoms with van der Waals surface area (Å²) in [6.07, 6.45) is 11.1. The maximum Gasteiger partial charge on any atom is 0.220 e. The van der Waals surface area contributed by atoms with Crippen LogP contribution >= 0.6 is 0 Å². The molecule has 2 heteroatoms. The highest BCUT2D eigenvalue weighted by atomic mass is 16.1. The SMILES string of the molecule is CC(C)CCCCCCCCCC(=O)NC(C)C. The number of rotatable bonds is 11. The number of carbonyl (C=O) groups is 1. The van der Waals surface area contributed by atoms with Crippen molar-refractivity contribution in [2.24, 2.45) is 5.92 Å². The minimum absolute atomic E-state index is 0.210. The molecule has 0 saturated heterocycles. The highest BCUT2D eigenvalue weighted by Gasteiger charge is 2.02. The number of unbranched alkanes of at least 4 members (excludes halogenated alkanes) is 6. The van der Waals surface area contributed by atoms with Gasteiger partial charge in [-0.2, -0.15) is 0 Å². The molecule has 1 N–H and O–H groups in total. The molecule has 0 radical (unpaired) electrons. The van der Waals surface area contributed by atoms with Crippen LogP contribution in [0, 0.1) is 5.92 Å². The predicted molar refractivity (Wildman–Crippen MR) is 79.7 cm³/mol. The van der Waals surface area contributed by atoms with Crippen LogP contribution < -0.4 is 5.32 Å². The molecule has 0 fully saturated rings. The molecule has 0 heterocycles. The summed E-state index contributed by atoms with van der Waals surface area (Å²) < 4.78 is 0. The quantitative estimate of drug-likeness (QED) is 0.534. The molecule has 0 spiro atoms. The Labute approximate surface area is 114 Å². The molecule has 0 aromatic rings. The number of hydrogen-bond acceptors (Lipinski definition) is 1. The number of carbonyl (C=O) groups excluding carboxylic acids is 1. The van der Waals surface area contributed by atoms with Crippen LogP contribution in [-0.2, 0) is 4.79 Å². The topological polar surface area (TPSA) is 29.1 Å². The fraction of sp³-hybridized carbons (Fsp3) is 0.938. The summed E-state index contributed by atoms with van der Waals surface area (Å²) in [5, 5.41) is 2.93. The van der Waals surface area contributed by atoms with Gasteiger partial charge in [0.05, 0.1) is 0 Å². The zero-order chi connectivity index (χ0) is 13.8. The van der Waals surface area contributed by atoms with Gasteiger partial charge in [-0.3, -0.25) is 4.79 Å². The van der Waals surface area contributed by atoms with E-state index in [4.69, 9.17) is 0 Å². The van der Waals surface area contributed by atoms with E-state index in [-0.39, 0.29) is 11.9 Å². The molecule has 2 nitrogen and oxygen atoms in total. The van der Waals surface area contributed by atoms with Crippen molar-refractivity contribution >= 4 is 5.91 Å². The fourth-order valence-corrected chi connectivity index (χ4v) is 2.12. The van der Waals surface area contributed by atoms with E-state index in [0.29, 0.717) is 6.42 Å². The molecule has 0 aliphatic rings. The van der Waals surface area contributed by atoms with Gasteiger partial charge in [0.25, 0.3) is 0 Å². The third kappa shape index (κ3) is 13.5. The molecule has 0 aromatic carbocycles. The molecule has 0 aliphatic carbocycles. The van der Waals surface area contributed by atoms with E-state index in [1.165, 1.54) is 44.9 Å². The minimum atomic E-state index is 0.210. The monoisotopic (exact) mass is 255 g/mol. The molecule has 18 heavy (non-hydrogen) atoms. The normalized spacial score (nSPS) is 11.2. The molecule has 108 valence electrons. The van der Waals surface area contributed by atoms with Gasteiger partial charge in [-0.25, -0.2) is 0 Å². The van der Waals surface area contributed by atoms with Crippen molar-refractivity contribution in [2.45, 2.75) is 91.5 Å². The first-order valence-electron chi connectivity index (χ1n) is 7.81. The Kier molecular flexibility index (Phi) is 11.2. The Bertz CT molecular complexity index is 199. The number of amides is 1. The second-order valence-corrected chi connectivity index (χ2v) is 6.13. The molecule has 1 amide bonds. The first-order valence-corrected chi connectivity index (χ1v) is 7.81. The summed E-state index contributed by atoms with van der Waals surface area (Å²) in [5.74, 6) is 1.06. The van der Waals surface area contributed by atoms with E-state index >= 15 is 0 Å². The largest absolute Gasteiger partial charge is 0.354 e. The summed E-state index contributed by atoms with van der Waals surface area (Å²) >= 11 is 0. The van der Waals surface area contributed by atoms with Crippen LogP contribution in [0.2, 0.25) is 0 Å². The lowest BCUT2D eigenvalue weighted by Crippen LogP contribution is -2.29. The molecule has 0 atom stereocenters. The molecule has 0 aliphatic heterocycles. The van der Waals surface area contributed by atoms with Gasteiger partial charge in [0, 0.05) is 12.5 Å². The zero-order valence-electron chi connectivity index (χ0n) is 12.9. The molecule has 0 unspecified atom stereocenters. The second kappa shape index (κ2) is 11.6. The highest BCUT2D eigenvalue weighted by Crippen LogP contribution is 2.12. The molecule has 0 saturated carbocycles. The Morgan fingerprint density at radius 1 is 0.833 bits per heavy atom. The average molecular weight is 255 g/mol. The van der Waals surface area contributed by atoms with E-state index in [2.05, 4.69) is 19.2 Å². The lowest BCUT2D eigenvalue weighted by molar-refractivity contribution is -0.121. The Morgan fingerprint density at radius 2 is 1.33 bits per heavy atom. The van der Waals surface area contributed by atoms with Crippen molar-refractivity contribution in [1.29, 1.82) is 0 Å². The fourth-order valence-electron chi connectivity index (χ4n) is 2.12. The van der Waals surface area contributed by atoms with Gasteiger partial charge < -0.3 is 5.32 Å². The average Bonchev–Trinajstić information content (AvgIpc) is 2.25. The molecule has 0 bridgehead atoms. The first-order chi connectivity index (χ1) is 8.52. The predicted octanol–water partition coefficient (Wildman–Crippen LogP) is 4.68. The number of hydrogen-bond donors (Lipinski definition) is 1. The van der Waals surface area contributed by atoms with E-state index < -0.39 is 0 Å². The van der Waals surface area contributed by atoms with Crippen LogP contribution in [0.15, 0.2) is 0 Å². The van der Waals surface area contributed by atoms with Gasteiger partial charge in [0.2, 0.25) is 5.91 Å². The number of nitrogens with one attached hydrogen (secondary N) is 1. The van der Waals surface area contributed by atoms with Gasteiger partial charge >= 0.3 is 0 Å². The van der Waals surface area contributed by atoms with Crippen molar-refractivity contribution < 1.29 is 4.79 Å². The zero-order valence-corrected chi connectivity index (χ0v) is 12.9. The smallest absolute Gasteiger partial charge is 0.220 e. The van der Waals surface area contributed by atoms with Gasteiger partial charge in [-0.05, 0) is 26.2 Å². The third-order valence-electron chi connectivity index (χ3n) is 3.13. The Hall–Kier alpha value is -0.530. The van der Waals surface area contributed by atoms with Crippen molar-refractivity contribution in [3.63, 3.8) is 0 Å². The van der Waals surface area contributed by atoms with Gasteiger partial charge in [-0.15, -0.1) is 0 Å². The molecular weight excluding hydrogens is 222 g/mol. The van der Waals surface area contributed by atoms with Crippen LogP contribution in [0.3, 0.4) is 0 Å². The van der Waals surface area contributed by atoms with Crippen LogP contribution in [0.5, 0.6) is 0 Å². The van der Waals surface area contributed by atoms with E-state index in [0.717, 1.165) is 12.3 Å². The van der Waals surface area contributed by atoms with Crippen LogP contribution in [-0.4, -0.2) is 11.9 Å². The molecular formula is C16H33NO. The summed E-state index contributed by atoms with van der Waals surface area (Å²) in [4.78, 5) is 11.4. The minimum Gasteiger partial charge on any atom is -0.354 e. The first kappa shape index (κ1) is 17.5. The van der Waals surface area contributed by atoms with E-state index in [1.54, 1.807) is 0 Å². The lowest BCUT2D eigenvalue weighted by atomic mass is 10.0. The summed E-state index contributed by atoms with van der Waals surface area (Å²) in [6.45, 7) is 8.61. The standard InChI is InChI=1S/C16H33NO/c1-14(2)12-10-8-6-5-7-9-11-13-16(18)17-15(3)4/h14-15H,5-13H2,1-4H3,(H,17,18). The van der Waals surface area contributed by atoms with Crippen molar-refractivity contribution in [2.75, 3.05) is 0 Å². The van der Waals surface area contributed by atoms with Gasteiger partial charge in [0.1, 0.15) is 0 Å². The highest BCUT2D eigenvalue weighted by molar-refractivity contribution is 5.76. The molecule has 0 aromatic heterocycles. The van der Waals surface area contributed by atoms with Crippen molar-refractivity contribution in [3.05, 3.63) is 0 Å². The third-order valence-corrected chi connectivity index (χ3v) is 3.13.